The Labute approximate surface area is 160 Å². The molecule has 0 aliphatic carbocycles. The number of Topliss-reactive ketones (excluding diaryl/α,β-unsaturated/α-hetero) is 1. The van der Waals surface area contributed by atoms with Gasteiger partial charge < -0.3 is 5.11 Å². The fourth-order valence-corrected chi connectivity index (χ4v) is 3.82. The van der Waals surface area contributed by atoms with E-state index in [1.807, 2.05) is 29.6 Å². The Morgan fingerprint density at radius 3 is 2.46 bits per heavy atom. The molecule has 1 aromatic heterocycles. The molecule has 1 atom stereocenters. The molecular weight excluding hydrogens is 370 g/mol. The zero-order valence-electron chi connectivity index (χ0n) is 13.8. The first-order valence-electron chi connectivity index (χ1n) is 8.03. The lowest BCUT2D eigenvalue weighted by atomic mass is 9.93. The molecule has 0 unspecified atom stereocenters. The maximum Gasteiger partial charge on any atom is 0.311 e. The Balaban J connectivity index is 1.70. The number of carbonyl (C=O) groups excluding carboxylic acids is 1. The average molecular weight is 386 g/mol. The van der Waals surface area contributed by atoms with Crippen LogP contribution < -0.4 is 0 Å². The number of carbonyl (C=O) groups is 2. The van der Waals surface area contributed by atoms with Crippen molar-refractivity contribution in [1.29, 1.82) is 0 Å². The van der Waals surface area contributed by atoms with E-state index >= 15 is 0 Å². The molecule has 132 valence electrons. The molecule has 4 nitrogen and oxygen atoms in total. The molecule has 0 bridgehead atoms. The van der Waals surface area contributed by atoms with Gasteiger partial charge in [0.2, 0.25) is 0 Å². The SMILES string of the molecule is O=C(Cc1csc(-c2ccccc2Cl)n1)C[C@H](C(=O)O)c1ccccc1. The lowest BCUT2D eigenvalue weighted by Gasteiger charge is -2.11. The minimum atomic E-state index is -1.00. The molecule has 1 N–H and O–H groups in total. The Hall–Kier alpha value is -2.50. The molecule has 0 saturated carbocycles. The second-order valence-corrected chi connectivity index (χ2v) is 7.11. The van der Waals surface area contributed by atoms with Gasteiger partial charge in [-0.2, -0.15) is 0 Å². The fraction of sp³-hybridized carbons (Fsp3) is 0.150. The molecule has 2 aromatic carbocycles. The second kappa shape index (κ2) is 8.25. The van der Waals surface area contributed by atoms with E-state index in [4.69, 9.17) is 11.6 Å². The summed E-state index contributed by atoms with van der Waals surface area (Å²) in [6.45, 7) is 0. The van der Waals surface area contributed by atoms with Crippen molar-refractivity contribution in [2.24, 2.45) is 0 Å². The summed E-state index contributed by atoms with van der Waals surface area (Å²) >= 11 is 7.60. The summed E-state index contributed by atoms with van der Waals surface area (Å²) in [5, 5.41) is 12.6. The van der Waals surface area contributed by atoms with Crippen LogP contribution in [0.1, 0.15) is 23.6 Å². The molecule has 0 amide bonds. The van der Waals surface area contributed by atoms with E-state index in [2.05, 4.69) is 4.98 Å². The van der Waals surface area contributed by atoms with Gasteiger partial charge in [-0.25, -0.2) is 4.98 Å². The zero-order valence-corrected chi connectivity index (χ0v) is 15.3. The standard InChI is InChI=1S/C20H16ClNO3S/c21-18-9-5-4-8-16(18)19-22-14(12-26-19)10-15(23)11-17(20(24)25)13-6-2-1-3-7-13/h1-9,12,17H,10-11H2,(H,24,25)/t17-/m0/s1. The quantitative estimate of drug-likeness (QED) is 0.632. The van der Waals surface area contributed by atoms with Crippen LogP contribution >= 0.6 is 22.9 Å². The number of halogens is 1. The van der Waals surface area contributed by atoms with Crippen LogP contribution in [0, 0.1) is 0 Å². The predicted molar refractivity (Wildman–Crippen MR) is 103 cm³/mol. The van der Waals surface area contributed by atoms with Gasteiger partial charge in [0, 0.05) is 23.8 Å². The van der Waals surface area contributed by atoms with Crippen LogP contribution in [0.25, 0.3) is 10.6 Å². The summed E-state index contributed by atoms with van der Waals surface area (Å²) in [6, 6.07) is 16.2. The van der Waals surface area contributed by atoms with Crippen molar-refractivity contribution in [2.45, 2.75) is 18.8 Å². The first-order valence-corrected chi connectivity index (χ1v) is 9.29. The molecule has 0 saturated heterocycles. The lowest BCUT2D eigenvalue weighted by molar-refractivity contribution is -0.140. The topological polar surface area (TPSA) is 67.3 Å². The molecule has 0 fully saturated rings. The van der Waals surface area contributed by atoms with Crippen LogP contribution in [0.3, 0.4) is 0 Å². The predicted octanol–water partition coefficient (Wildman–Crippen LogP) is 4.83. The molecule has 0 aliphatic rings. The average Bonchev–Trinajstić information content (AvgIpc) is 3.08. The van der Waals surface area contributed by atoms with Gasteiger partial charge in [0.25, 0.3) is 0 Å². The minimum Gasteiger partial charge on any atom is -0.481 e. The number of nitrogens with zero attached hydrogens (tertiary/aromatic N) is 1. The Kier molecular flexibility index (Phi) is 5.81. The summed E-state index contributed by atoms with van der Waals surface area (Å²) < 4.78 is 0. The van der Waals surface area contributed by atoms with Crippen LogP contribution in [0.15, 0.2) is 60.0 Å². The molecule has 3 rings (SSSR count). The maximum atomic E-state index is 12.4. The first-order chi connectivity index (χ1) is 12.5. The van der Waals surface area contributed by atoms with Gasteiger partial charge in [-0.15, -0.1) is 11.3 Å². The number of carboxylic acid groups (broad SMARTS) is 1. The zero-order chi connectivity index (χ0) is 18.5. The normalized spacial score (nSPS) is 11.9. The number of rotatable bonds is 7. The molecule has 0 radical (unpaired) electrons. The van der Waals surface area contributed by atoms with Crippen molar-refractivity contribution in [3.8, 4) is 10.6 Å². The van der Waals surface area contributed by atoms with Crippen LogP contribution in [0.2, 0.25) is 5.02 Å². The Morgan fingerprint density at radius 1 is 1.08 bits per heavy atom. The minimum absolute atomic E-state index is 0.0572. The van der Waals surface area contributed by atoms with Crippen molar-refractivity contribution in [1.82, 2.24) is 4.98 Å². The van der Waals surface area contributed by atoms with Crippen molar-refractivity contribution < 1.29 is 14.7 Å². The number of aromatic nitrogens is 1. The lowest BCUT2D eigenvalue weighted by Crippen LogP contribution is -2.17. The van der Waals surface area contributed by atoms with Gasteiger partial charge in [-0.05, 0) is 11.6 Å². The highest BCUT2D eigenvalue weighted by molar-refractivity contribution is 7.13. The summed E-state index contributed by atoms with van der Waals surface area (Å²) in [5.41, 5.74) is 2.08. The number of hydrogen-bond donors (Lipinski definition) is 1. The number of thiazole rings is 1. The van der Waals surface area contributed by atoms with Gasteiger partial charge in [-0.1, -0.05) is 60.1 Å². The summed E-state index contributed by atoms with van der Waals surface area (Å²) in [4.78, 5) is 28.4. The van der Waals surface area contributed by atoms with Gasteiger partial charge >= 0.3 is 5.97 Å². The van der Waals surface area contributed by atoms with Crippen molar-refractivity contribution in [2.75, 3.05) is 0 Å². The van der Waals surface area contributed by atoms with E-state index in [0.717, 1.165) is 10.6 Å². The van der Waals surface area contributed by atoms with Gasteiger partial charge in [0.1, 0.15) is 10.8 Å². The van der Waals surface area contributed by atoms with Crippen LogP contribution in [0.5, 0.6) is 0 Å². The molecule has 3 aromatic rings. The summed E-state index contributed by atoms with van der Waals surface area (Å²) in [7, 11) is 0. The Bertz CT molecular complexity index is 924. The highest BCUT2D eigenvalue weighted by Gasteiger charge is 2.23. The number of aliphatic carboxylic acids is 1. The second-order valence-electron chi connectivity index (χ2n) is 5.84. The highest BCUT2D eigenvalue weighted by atomic mass is 35.5. The molecule has 1 heterocycles. The summed E-state index contributed by atoms with van der Waals surface area (Å²) in [6.07, 6.45) is 0.0515. The molecule has 0 spiro atoms. The van der Waals surface area contributed by atoms with E-state index in [9.17, 15) is 14.7 Å². The van der Waals surface area contributed by atoms with Gasteiger partial charge in [-0.3, -0.25) is 9.59 Å². The van der Waals surface area contributed by atoms with Gasteiger partial charge in [0.05, 0.1) is 16.6 Å². The summed E-state index contributed by atoms with van der Waals surface area (Å²) in [5.74, 6) is -2.00. The monoisotopic (exact) mass is 385 g/mol. The molecular formula is C20H16ClNO3S. The largest absolute Gasteiger partial charge is 0.481 e. The van der Waals surface area contributed by atoms with Gasteiger partial charge in [0.15, 0.2) is 0 Å². The van der Waals surface area contributed by atoms with Crippen molar-refractivity contribution in [3.05, 3.63) is 76.3 Å². The van der Waals surface area contributed by atoms with E-state index < -0.39 is 11.9 Å². The van der Waals surface area contributed by atoms with Crippen LogP contribution in [-0.2, 0) is 16.0 Å². The Morgan fingerprint density at radius 2 is 1.77 bits per heavy atom. The van der Waals surface area contributed by atoms with Crippen molar-refractivity contribution >= 4 is 34.7 Å². The smallest absolute Gasteiger partial charge is 0.311 e. The third-order valence-electron chi connectivity index (χ3n) is 3.97. The van der Waals surface area contributed by atoms with E-state index in [1.54, 1.807) is 30.3 Å². The highest BCUT2D eigenvalue weighted by Crippen LogP contribution is 2.30. The van der Waals surface area contributed by atoms with Crippen LogP contribution in [0.4, 0.5) is 0 Å². The van der Waals surface area contributed by atoms with E-state index in [1.165, 1.54) is 11.3 Å². The molecule has 6 heteroatoms. The van der Waals surface area contributed by atoms with E-state index in [0.29, 0.717) is 16.3 Å². The first kappa shape index (κ1) is 18.3. The maximum absolute atomic E-state index is 12.4. The number of benzene rings is 2. The number of ketones is 1. The number of hydrogen-bond acceptors (Lipinski definition) is 4. The fourth-order valence-electron chi connectivity index (χ4n) is 2.68. The van der Waals surface area contributed by atoms with Crippen LogP contribution in [-0.4, -0.2) is 21.8 Å². The molecule has 0 aliphatic heterocycles. The third-order valence-corrected chi connectivity index (χ3v) is 5.22. The van der Waals surface area contributed by atoms with Crippen molar-refractivity contribution in [3.63, 3.8) is 0 Å². The third kappa shape index (κ3) is 4.36. The number of carboxylic acids is 1. The van der Waals surface area contributed by atoms with E-state index in [-0.39, 0.29) is 18.6 Å². The molecule has 26 heavy (non-hydrogen) atoms.